The third-order valence-electron chi connectivity index (χ3n) is 0.624. The highest BCUT2D eigenvalue weighted by molar-refractivity contribution is 8.71. The van der Waals surface area contributed by atoms with E-state index >= 15 is 0 Å². The van der Waals surface area contributed by atoms with E-state index in [1.165, 1.54) is 0 Å². The van der Waals surface area contributed by atoms with Gasteiger partial charge in [0.2, 0.25) is 0 Å². The molecule has 1 atom stereocenters. The maximum atomic E-state index is 10.5. The van der Waals surface area contributed by atoms with Crippen molar-refractivity contribution in [3.05, 3.63) is 9.40 Å². The summed E-state index contributed by atoms with van der Waals surface area (Å²) >= 11 is 11.0. The summed E-state index contributed by atoms with van der Waals surface area (Å²) in [6.45, 7) is 0. The van der Waals surface area contributed by atoms with E-state index < -0.39 is 9.83 Å². The molecule has 0 aromatic carbocycles. The molecular weight excluding hydrogens is 187 g/mol. The van der Waals surface area contributed by atoms with Gasteiger partial charge in [0.1, 0.15) is 4.36 Å². The molecule has 1 aliphatic rings. The number of halogens is 2. The highest BCUT2D eigenvalue weighted by atomic mass is 35.5. The van der Waals surface area contributed by atoms with Gasteiger partial charge < -0.3 is 0 Å². The van der Waals surface area contributed by atoms with Crippen molar-refractivity contribution in [2.24, 2.45) is 0 Å². The monoisotopic (exact) mass is 188 g/mol. The van der Waals surface area contributed by atoms with Crippen molar-refractivity contribution in [1.29, 1.82) is 0 Å². The van der Waals surface area contributed by atoms with Crippen LogP contribution in [0.15, 0.2) is 9.40 Å². The maximum absolute atomic E-state index is 10.5. The lowest BCUT2D eigenvalue weighted by Crippen LogP contribution is -1.80. The lowest BCUT2D eigenvalue weighted by Gasteiger charge is -1.78. The Bertz CT molecular complexity index is 149. The predicted molar refractivity (Wildman–Crippen MR) is 39.3 cm³/mol. The van der Waals surface area contributed by atoms with E-state index in [0.717, 1.165) is 10.8 Å². The molecule has 1 unspecified atom stereocenters. The summed E-state index contributed by atoms with van der Waals surface area (Å²) in [5.74, 6) is 0.408. The minimum absolute atomic E-state index is 0.408. The third kappa shape index (κ3) is 1.41. The van der Waals surface area contributed by atoms with Gasteiger partial charge in [0.25, 0.3) is 0 Å². The molecule has 46 valence electrons. The number of rotatable bonds is 0. The van der Waals surface area contributed by atoms with Gasteiger partial charge in [0.05, 0.1) is 20.6 Å². The Balaban J connectivity index is 2.73. The van der Waals surface area contributed by atoms with E-state index in [4.69, 9.17) is 23.2 Å². The summed E-state index contributed by atoms with van der Waals surface area (Å²) in [6, 6.07) is 0. The van der Waals surface area contributed by atoms with Crippen LogP contribution in [-0.2, 0) is 9.83 Å². The Hall–Kier alpha value is 0.820. The maximum Gasteiger partial charge on any atom is 0.102 e. The molecule has 0 saturated heterocycles. The fourth-order valence-electron chi connectivity index (χ4n) is 0.316. The average Bonchev–Trinajstić information content (AvgIpc) is 1.85. The molecule has 0 aromatic rings. The zero-order chi connectivity index (χ0) is 6.15. The van der Waals surface area contributed by atoms with Crippen LogP contribution in [-0.4, -0.2) is 9.96 Å². The first-order chi connectivity index (χ1) is 3.70. The molecule has 0 amide bonds. The number of hydrogen-bond acceptors (Lipinski definition) is 2. The van der Waals surface area contributed by atoms with Crippen molar-refractivity contribution in [2.45, 2.75) is 0 Å². The summed E-state index contributed by atoms with van der Waals surface area (Å²) in [4.78, 5) is 0. The molecule has 1 rings (SSSR count). The van der Waals surface area contributed by atoms with E-state index in [-0.39, 0.29) is 0 Å². The molecule has 0 radical (unpaired) electrons. The Labute approximate surface area is 63.3 Å². The average molecular weight is 189 g/mol. The molecule has 1 nitrogen and oxygen atoms in total. The molecular formula is C3H2Cl2OS2. The van der Waals surface area contributed by atoms with Crippen LogP contribution < -0.4 is 0 Å². The summed E-state index contributed by atoms with van der Waals surface area (Å²) in [7, 11) is 0.209. The first-order valence-corrected chi connectivity index (χ1v) is 5.22. The zero-order valence-corrected chi connectivity index (χ0v) is 6.83. The van der Waals surface area contributed by atoms with Gasteiger partial charge in [0, 0.05) is 0 Å². The molecule has 0 aromatic heterocycles. The molecule has 8 heavy (non-hydrogen) atoms. The van der Waals surface area contributed by atoms with Crippen molar-refractivity contribution in [3.63, 3.8) is 0 Å². The lowest BCUT2D eigenvalue weighted by atomic mass is 10.7. The number of hydrogen-bond donors (Lipinski definition) is 0. The molecule has 0 aliphatic carbocycles. The topological polar surface area (TPSA) is 17.1 Å². The van der Waals surface area contributed by atoms with Gasteiger partial charge in [-0.25, -0.2) is 4.21 Å². The quantitative estimate of drug-likeness (QED) is 0.542. The lowest BCUT2D eigenvalue weighted by molar-refractivity contribution is 0.693. The largest absolute Gasteiger partial charge is 0.247 e. The standard InChI is InChI=1S/C3H2Cl2OS2/c4-2-1-8(6)7-3(2)5/h1H2. The molecule has 1 aliphatic heterocycles. The van der Waals surface area contributed by atoms with Crippen LogP contribution in [0.4, 0.5) is 0 Å². The van der Waals surface area contributed by atoms with Gasteiger partial charge in [-0.3, -0.25) is 0 Å². The van der Waals surface area contributed by atoms with Crippen LogP contribution in [0.2, 0.25) is 0 Å². The van der Waals surface area contributed by atoms with E-state index in [1.54, 1.807) is 0 Å². The Morgan fingerprint density at radius 2 is 2.25 bits per heavy atom. The van der Waals surface area contributed by atoms with Gasteiger partial charge >= 0.3 is 0 Å². The van der Waals surface area contributed by atoms with E-state index in [0.29, 0.717) is 15.1 Å². The Morgan fingerprint density at radius 1 is 1.62 bits per heavy atom. The zero-order valence-electron chi connectivity index (χ0n) is 3.69. The van der Waals surface area contributed by atoms with Crippen LogP contribution in [0.3, 0.4) is 0 Å². The van der Waals surface area contributed by atoms with Gasteiger partial charge in [-0.1, -0.05) is 23.2 Å². The second kappa shape index (κ2) is 2.60. The van der Waals surface area contributed by atoms with Crippen LogP contribution in [0.25, 0.3) is 0 Å². The van der Waals surface area contributed by atoms with Crippen molar-refractivity contribution in [1.82, 2.24) is 0 Å². The normalized spacial score (nSPS) is 29.5. The Kier molecular flexibility index (Phi) is 2.26. The SMILES string of the molecule is O=S1CC(Cl)=C(Cl)S1. The van der Waals surface area contributed by atoms with Crippen molar-refractivity contribution in [2.75, 3.05) is 5.75 Å². The molecule has 0 fully saturated rings. The van der Waals surface area contributed by atoms with Gasteiger partial charge in [0.15, 0.2) is 0 Å². The van der Waals surface area contributed by atoms with Crippen molar-refractivity contribution in [3.8, 4) is 0 Å². The Morgan fingerprint density at radius 3 is 2.38 bits per heavy atom. The van der Waals surface area contributed by atoms with Gasteiger partial charge in [-0.15, -0.1) is 0 Å². The highest BCUT2D eigenvalue weighted by Gasteiger charge is 2.17. The van der Waals surface area contributed by atoms with Crippen LogP contribution in [0, 0.1) is 0 Å². The minimum Gasteiger partial charge on any atom is -0.247 e. The molecule has 0 spiro atoms. The fourth-order valence-corrected chi connectivity index (χ4v) is 3.99. The molecule has 0 saturated carbocycles. The molecule has 0 bridgehead atoms. The van der Waals surface area contributed by atoms with E-state index in [1.807, 2.05) is 0 Å². The predicted octanol–water partition coefficient (Wildman–Crippen LogP) is 2.04. The van der Waals surface area contributed by atoms with E-state index in [9.17, 15) is 4.21 Å². The second-order valence-corrected chi connectivity index (χ2v) is 5.35. The highest BCUT2D eigenvalue weighted by Crippen LogP contribution is 2.36. The summed E-state index contributed by atoms with van der Waals surface area (Å²) in [6.07, 6.45) is 0. The van der Waals surface area contributed by atoms with Gasteiger partial charge in [-0.05, 0) is 10.8 Å². The minimum atomic E-state index is -0.904. The molecule has 1 heterocycles. The first-order valence-electron chi connectivity index (χ1n) is 1.81. The third-order valence-corrected chi connectivity index (χ3v) is 4.56. The second-order valence-electron chi connectivity index (χ2n) is 1.21. The van der Waals surface area contributed by atoms with E-state index in [2.05, 4.69) is 0 Å². The first kappa shape index (κ1) is 6.93. The van der Waals surface area contributed by atoms with Crippen molar-refractivity contribution >= 4 is 43.8 Å². The van der Waals surface area contributed by atoms with Crippen LogP contribution in [0.5, 0.6) is 0 Å². The van der Waals surface area contributed by atoms with Crippen molar-refractivity contribution < 1.29 is 4.21 Å². The molecule has 5 heteroatoms. The van der Waals surface area contributed by atoms with Crippen LogP contribution >= 0.6 is 34.0 Å². The smallest absolute Gasteiger partial charge is 0.102 e. The van der Waals surface area contributed by atoms with Gasteiger partial charge in [-0.2, -0.15) is 0 Å². The molecule has 0 N–H and O–H groups in total. The van der Waals surface area contributed by atoms with Crippen LogP contribution in [0.1, 0.15) is 0 Å². The summed E-state index contributed by atoms with van der Waals surface area (Å²) in [5, 5.41) is 0.523. The summed E-state index contributed by atoms with van der Waals surface area (Å²) < 4.78 is 11.0. The summed E-state index contributed by atoms with van der Waals surface area (Å²) in [5.41, 5.74) is 0. The fraction of sp³-hybridized carbons (Fsp3) is 0.333.